The molecule has 0 radical (unpaired) electrons. The van der Waals surface area contributed by atoms with E-state index in [1.165, 1.54) is 11.6 Å². The first-order valence-electron chi connectivity index (χ1n) is 7.43. The summed E-state index contributed by atoms with van der Waals surface area (Å²) >= 11 is 0. The van der Waals surface area contributed by atoms with Gasteiger partial charge in [-0.3, -0.25) is 0 Å². The van der Waals surface area contributed by atoms with E-state index in [4.69, 9.17) is 4.74 Å². The van der Waals surface area contributed by atoms with Gasteiger partial charge < -0.3 is 10.1 Å². The highest BCUT2D eigenvalue weighted by molar-refractivity contribution is 5.32. The largest absolute Gasteiger partial charge is 0.490 e. The monoisotopic (exact) mass is 285 g/mol. The highest BCUT2D eigenvalue weighted by Gasteiger charge is 2.23. The Hall–Kier alpha value is -1.87. The van der Waals surface area contributed by atoms with Crippen LogP contribution in [0.2, 0.25) is 0 Å². The van der Waals surface area contributed by atoms with Crippen LogP contribution in [0.15, 0.2) is 48.5 Å². The molecule has 1 aliphatic rings. The summed E-state index contributed by atoms with van der Waals surface area (Å²) in [6.07, 6.45) is 3.46. The zero-order valence-electron chi connectivity index (χ0n) is 12.2. The summed E-state index contributed by atoms with van der Waals surface area (Å²) in [5, 5.41) is 3.30. The Labute approximate surface area is 125 Å². The molecule has 0 aromatic heterocycles. The highest BCUT2D eigenvalue weighted by atomic mass is 19.1. The number of halogens is 1. The van der Waals surface area contributed by atoms with Crippen molar-refractivity contribution < 1.29 is 9.13 Å². The Morgan fingerprint density at radius 2 is 2.00 bits per heavy atom. The lowest BCUT2D eigenvalue weighted by Crippen LogP contribution is -2.19. The van der Waals surface area contributed by atoms with Crippen molar-refractivity contribution in [2.24, 2.45) is 0 Å². The molecule has 1 unspecified atom stereocenters. The molecule has 1 atom stereocenters. The van der Waals surface area contributed by atoms with Crippen LogP contribution in [0.5, 0.6) is 5.75 Å². The van der Waals surface area contributed by atoms with Crippen molar-refractivity contribution in [3.05, 3.63) is 65.5 Å². The van der Waals surface area contributed by atoms with Crippen LogP contribution in [0.4, 0.5) is 4.39 Å². The van der Waals surface area contributed by atoms with E-state index in [-0.39, 0.29) is 11.9 Å². The molecule has 1 fully saturated rings. The van der Waals surface area contributed by atoms with Crippen LogP contribution in [0.3, 0.4) is 0 Å². The summed E-state index contributed by atoms with van der Waals surface area (Å²) in [7, 11) is 1.93. The smallest absolute Gasteiger partial charge is 0.123 e. The number of ether oxygens (including phenoxy) is 1. The maximum atomic E-state index is 13.3. The minimum atomic E-state index is -0.187. The molecule has 0 bridgehead atoms. The lowest BCUT2D eigenvalue weighted by molar-refractivity contribution is 0.302. The molecular formula is C18H20FNO. The van der Waals surface area contributed by atoms with E-state index in [1.807, 2.05) is 25.2 Å². The van der Waals surface area contributed by atoms with Crippen molar-refractivity contribution in [1.29, 1.82) is 0 Å². The second kappa shape index (κ2) is 6.27. The molecule has 0 aliphatic heterocycles. The van der Waals surface area contributed by atoms with Crippen LogP contribution in [0.25, 0.3) is 0 Å². The highest BCUT2D eigenvalue weighted by Crippen LogP contribution is 2.29. The van der Waals surface area contributed by atoms with Gasteiger partial charge in [0.2, 0.25) is 0 Å². The molecule has 0 spiro atoms. The van der Waals surface area contributed by atoms with Gasteiger partial charge in [-0.15, -0.1) is 0 Å². The van der Waals surface area contributed by atoms with Crippen molar-refractivity contribution in [2.45, 2.75) is 31.4 Å². The number of hydrogen-bond donors (Lipinski definition) is 1. The molecule has 3 rings (SSSR count). The van der Waals surface area contributed by atoms with Crippen LogP contribution in [0, 0.1) is 5.82 Å². The van der Waals surface area contributed by atoms with E-state index < -0.39 is 0 Å². The zero-order valence-corrected chi connectivity index (χ0v) is 12.2. The minimum Gasteiger partial charge on any atom is -0.490 e. The fraction of sp³-hybridized carbons (Fsp3) is 0.333. The van der Waals surface area contributed by atoms with Gasteiger partial charge in [0.05, 0.1) is 6.10 Å². The maximum absolute atomic E-state index is 13.3. The third-order valence-corrected chi connectivity index (χ3v) is 3.76. The lowest BCUT2D eigenvalue weighted by atomic mass is 9.99. The molecule has 2 aromatic carbocycles. The number of likely N-dealkylation sites (N-methyl/N-ethyl adjacent to an activating group) is 1. The van der Waals surface area contributed by atoms with Gasteiger partial charge in [0.15, 0.2) is 0 Å². The first-order chi connectivity index (χ1) is 10.2. The molecule has 1 N–H and O–H groups in total. The Balaban J connectivity index is 1.75. The number of rotatable bonds is 6. The average molecular weight is 285 g/mol. The van der Waals surface area contributed by atoms with Crippen molar-refractivity contribution in [2.75, 3.05) is 7.05 Å². The van der Waals surface area contributed by atoms with Crippen molar-refractivity contribution in [3.63, 3.8) is 0 Å². The summed E-state index contributed by atoms with van der Waals surface area (Å²) in [4.78, 5) is 0. The summed E-state index contributed by atoms with van der Waals surface area (Å²) in [6, 6.07) is 15.1. The molecule has 21 heavy (non-hydrogen) atoms. The van der Waals surface area contributed by atoms with E-state index >= 15 is 0 Å². The molecule has 0 amide bonds. The summed E-state index contributed by atoms with van der Waals surface area (Å²) in [6.45, 7) is 0. The van der Waals surface area contributed by atoms with Crippen LogP contribution in [-0.2, 0) is 6.42 Å². The Kier molecular flexibility index (Phi) is 4.20. The summed E-state index contributed by atoms with van der Waals surface area (Å²) in [5.74, 6) is 0.739. The Bertz CT molecular complexity index is 610. The third-order valence-electron chi connectivity index (χ3n) is 3.76. The number of nitrogens with one attached hydrogen (secondary N) is 1. The quantitative estimate of drug-likeness (QED) is 0.870. The second-order valence-corrected chi connectivity index (χ2v) is 5.57. The molecule has 1 aliphatic carbocycles. The molecule has 0 saturated heterocycles. The van der Waals surface area contributed by atoms with E-state index in [1.54, 1.807) is 12.1 Å². The predicted octanol–water partition coefficient (Wildman–Crippen LogP) is 3.87. The first-order valence-corrected chi connectivity index (χ1v) is 7.43. The minimum absolute atomic E-state index is 0.148. The van der Waals surface area contributed by atoms with E-state index in [9.17, 15) is 4.39 Å². The second-order valence-electron chi connectivity index (χ2n) is 5.57. The topological polar surface area (TPSA) is 21.3 Å². The van der Waals surface area contributed by atoms with Gasteiger partial charge in [-0.05, 0) is 61.7 Å². The van der Waals surface area contributed by atoms with Crippen molar-refractivity contribution in [3.8, 4) is 5.75 Å². The predicted molar refractivity (Wildman–Crippen MR) is 82.0 cm³/mol. The third kappa shape index (κ3) is 3.82. The van der Waals surface area contributed by atoms with Gasteiger partial charge in [-0.1, -0.05) is 24.3 Å². The van der Waals surface area contributed by atoms with Gasteiger partial charge in [-0.25, -0.2) is 4.39 Å². The molecule has 2 aromatic rings. The van der Waals surface area contributed by atoms with Gasteiger partial charge in [0.25, 0.3) is 0 Å². The Morgan fingerprint density at radius 3 is 2.71 bits per heavy atom. The molecule has 3 heteroatoms. The maximum Gasteiger partial charge on any atom is 0.123 e. The van der Waals surface area contributed by atoms with Gasteiger partial charge in [-0.2, -0.15) is 0 Å². The average Bonchev–Trinajstić information content (AvgIpc) is 3.29. The van der Waals surface area contributed by atoms with Crippen molar-refractivity contribution in [1.82, 2.24) is 5.32 Å². The standard InChI is InChI=1S/C18H20FNO/c1-20-18(11-13-4-2-6-15(19)10-13)14-5-3-7-17(12-14)21-16-8-9-16/h2-7,10,12,16,18,20H,8-9,11H2,1H3. The van der Waals surface area contributed by atoms with Crippen LogP contribution in [-0.4, -0.2) is 13.2 Å². The van der Waals surface area contributed by atoms with E-state index in [0.29, 0.717) is 6.10 Å². The van der Waals surface area contributed by atoms with Crippen LogP contribution in [0.1, 0.15) is 30.0 Å². The molecule has 1 saturated carbocycles. The SMILES string of the molecule is CNC(Cc1cccc(F)c1)c1cccc(OC2CC2)c1. The first kappa shape index (κ1) is 14.1. The molecule has 2 nitrogen and oxygen atoms in total. The Morgan fingerprint density at radius 1 is 1.19 bits per heavy atom. The van der Waals surface area contributed by atoms with Gasteiger partial charge in [0.1, 0.15) is 11.6 Å². The zero-order chi connectivity index (χ0) is 14.7. The van der Waals surface area contributed by atoms with E-state index in [0.717, 1.165) is 30.6 Å². The molecular weight excluding hydrogens is 265 g/mol. The molecule has 110 valence electrons. The number of benzene rings is 2. The van der Waals surface area contributed by atoms with Gasteiger partial charge in [0, 0.05) is 6.04 Å². The molecule has 0 heterocycles. The lowest BCUT2D eigenvalue weighted by Gasteiger charge is -2.18. The fourth-order valence-corrected chi connectivity index (χ4v) is 2.47. The summed E-state index contributed by atoms with van der Waals surface area (Å²) in [5.41, 5.74) is 2.16. The summed E-state index contributed by atoms with van der Waals surface area (Å²) < 4.78 is 19.1. The van der Waals surface area contributed by atoms with E-state index in [2.05, 4.69) is 17.4 Å². The normalized spacial score (nSPS) is 15.7. The van der Waals surface area contributed by atoms with Gasteiger partial charge >= 0.3 is 0 Å². The van der Waals surface area contributed by atoms with Crippen molar-refractivity contribution >= 4 is 0 Å². The number of hydrogen-bond acceptors (Lipinski definition) is 2. The van der Waals surface area contributed by atoms with Crippen LogP contribution >= 0.6 is 0 Å². The fourth-order valence-electron chi connectivity index (χ4n) is 2.47. The van der Waals surface area contributed by atoms with Crippen LogP contribution < -0.4 is 10.1 Å².